The third-order valence-electron chi connectivity index (χ3n) is 5.91. The number of benzene rings is 4. The van der Waals surface area contributed by atoms with Crippen molar-refractivity contribution in [2.45, 2.75) is 6.42 Å². The lowest BCUT2D eigenvalue weighted by atomic mass is 10.1. The topological polar surface area (TPSA) is 8.17 Å². The number of hydrogen-bond donors (Lipinski definition) is 0. The average Bonchev–Trinajstić information content (AvgIpc) is 3.48. The number of hydrogen-bond acceptors (Lipinski definition) is 1. The largest absolute Gasteiger partial charge is 0.345 e. The summed E-state index contributed by atoms with van der Waals surface area (Å²) in [5.41, 5.74) is 9.20. The molecule has 5 aromatic rings. The summed E-state index contributed by atoms with van der Waals surface area (Å²) in [6.45, 7) is 0. The molecule has 0 aliphatic heterocycles. The summed E-state index contributed by atoms with van der Waals surface area (Å²) in [5, 5.41) is 2.76. The van der Waals surface area contributed by atoms with Crippen LogP contribution in [0, 0.1) is 0 Å². The second-order valence-electron chi connectivity index (χ2n) is 7.54. The smallest absolute Gasteiger partial charge is 0.0544 e. The van der Waals surface area contributed by atoms with Crippen molar-refractivity contribution in [2.24, 2.45) is 0 Å². The van der Waals surface area contributed by atoms with Crippen LogP contribution in [-0.4, -0.2) is 11.6 Å². The van der Waals surface area contributed by atoms with Crippen molar-refractivity contribution < 1.29 is 0 Å². The SMILES string of the molecule is CN(c1ccccc1)c1ccc2c(c1)c1c3c(ccc1n2-c1ccccc1)C3. The predicted octanol–water partition coefficient (Wildman–Crippen LogP) is 6.46. The number of para-hydroxylation sites is 2. The van der Waals surface area contributed by atoms with Gasteiger partial charge < -0.3 is 9.47 Å². The quantitative estimate of drug-likeness (QED) is 0.352. The summed E-state index contributed by atoms with van der Waals surface area (Å²) in [4.78, 5) is 2.26. The van der Waals surface area contributed by atoms with E-state index in [1.54, 1.807) is 0 Å². The molecule has 2 heteroatoms. The van der Waals surface area contributed by atoms with Crippen LogP contribution in [0.5, 0.6) is 0 Å². The number of rotatable bonds is 3. The van der Waals surface area contributed by atoms with Crippen LogP contribution in [0.25, 0.3) is 27.5 Å². The molecule has 0 saturated heterocycles. The van der Waals surface area contributed by atoms with Crippen molar-refractivity contribution in [1.82, 2.24) is 4.57 Å². The molecule has 0 unspecified atom stereocenters. The second-order valence-corrected chi connectivity index (χ2v) is 7.54. The standard InChI is InChI=1S/C26H20N2/c1-27(19-8-4-2-5-9-19)21-13-15-24-23(17-21)26-22-16-18(22)12-14-25(26)28(24)20-10-6-3-7-11-20/h2-15,17H,16H2,1H3. The van der Waals surface area contributed by atoms with E-state index in [0.29, 0.717) is 0 Å². The summed E-state index contributed by atoms with van der Waals surface area (Å²) >= 11 is 0. The van der Waals surface area contributed by atoms with Crippen molar-refractivity contribution in [2.75, 3.05) is 11.9 Å². The number of anilines is 2. The van der Waals surface area contributed by atoms with Gasteiger partial charge in [0.25, 0.3) is 0 Å². The maximum atomic E-state index is 2.40. The zero-order chi connectivity index (χ0) is 18.7. The third kappa shape index (κ3) is 2.21. The minimum absolute atomic E-state index is 1.12. The molecular formula is C26H20N2. The van der Waals surface area contributed by atoms with Crippen LogP contribution in [0.3, 0.4) is 0 Å². The van der Waals surface area contributed by atoms with Crippen molar-refractivity contribution >= 4 is 33.2 Å². The van der Waals surface area contributed by atoms with Crippen LogP contribution in [0.1, 0.15) is 11.1 Å². The molecule has 28 heavy (non-hydrogen) atoms. The highest BCUT2D eigenvalue weighted by Crippen LogP contribution is 2.43. The lowest BCUT2D eigenvalue weighted by Crippen LogP contribution is -2.08. The van der Waals surface area contributed by atoms with E-state index in [1.165, 1.54) is 50.0 Å². The fraction of sp³-hybridized carbons (Fsp3) is 0.0769. The molecule has 0 amide bonds. The first kappa shape index (κ1) is 15.5. The summed E-state index contributed by atoms with van der Waals surface area (Å²) in [6, 6.07) is 32.6. The molecule has 4 aromatic carbocycles. The van der Waals surface area contributed by atoms with Crippen LogP contribution in [0.4, 0.5) is 11.4 Å². The van der Waals surface area contributed by atoms with Crippen molar-refractivity contribution in [3.8, 4) is 5.69 Å². The Morgan fingerprint density at radius 3 is 2.21 bits per heavy atom. The molecule has 0 atom stereocenters. The molecule has 1 heterocycles. The van der Waals surface area contributed by atoms with Crippen LogP contribution < -0.4 is 4.90 Å². The molecule has 0 bridgehead atoms. The molecule has 0 fully saturated rings. The highest BCUT2D eigenvalue weighted by atomic mass is 15.1. The Morgan fingerprint density at radius 2 is 1.43 bits per heavy atom. The van der Waals surface area contributed by atoms with Gasteiger partial charge in [0.05, 0.1) is 11.0 Å². The number of aromatic nitrogens is 1. The Balaban J connectivity index is 1.63. The molecule has 2 nitrogen and oxygen atoms in total. The fourth-order valence-corrected chi connectivity index (χ4v) is 4.37. The summed E-state index contributed by atoms with van der Waals surface area (Å²) in [7, 11) is 2.14. The number of fused-ring (bicyclic) bond motifs is 5. The van der Waals surface area contributed by atoms with Crippen LogP contribution in [-0.2, 0) is 6.42 Å². The van der Waals surface area contributed by atoms with E-state index in [9.17, 15) is 0 Å². The van der Waals surface area contributed by atoms with Gasteiger partial charge in [-0.1, -0.05) is 42.5 Å². The van der Waals surface area contributed by atoms with E-state index in [0.717, 1.165) is 6.42 Å². The van der Waals surface area contributed by atoms with Gasteiger partial charge in [0.2, 0.25) is 0 Å². The van der Waals surface area contributed by atoms with E-state index in [2.05, 4.69) is 108 Å². The van der Waals surface area contributed by atoms with Crippen LogP contribution in [0.15, 0.2) is 91.0 Å². The van der Waals surface area contributed by atoms with Crippen LogP contribution >= 0.6 is 0 Å². The Labute approximate surface area is 164 Å². The minimum atomic E-state index is 1.12. The Hall–Kier alpha value is -3.52. The molecule has 0 saturated carbocycles. The van der Waals surface area contributed by atoms with E-state index in [4.69, 9.17) is 0 Å². The normalized spacial score (nSPS) is 12.3. The summed E-state index contributed by atoms with van der Waals surface area (Å²) in [5.74, 6) is 0. The molecular weight excluding hydrogens is 340 g/mol. The predicted molar refractivity (Wildman–Crippen MR) is 118 cm³/mol. The molecule has 1 aliphatic carbocycles. The monoisotopic (exact) mass is 360 g/mol. The maximum absolute atomic E-state index is 2.40. The first-order valence-corrected chi connectivity index (χ1v) is 9.74. The van der Waals surface area contributed by atoms with E-state index in [1.807, 2.05) is 0 Å². The zero-order valence-corrected chi connectivity index (χ0v) is 15.8. The zero-order valence-electron chi connectivity index (χ0n) is 15.8. The van der Waals surface area contributed by atoms with Crippen LogP contribution in [0.2, 0.25) is 0 Å². The molecule has 1 aliphatic rings. The number of nitrogens with zero attached hydrogens (tertiary/aromatic N) is 2. The molecule has 134 valence electrons. The first-order chi connectivity index (χ1) is 13.8. The Bertz CT molecular complexity index is 1330. The highest BCUT2D eigenvalue weighted by molar-refractivity contribution is 6.13. The maximum Gasteiger partial charge on any atom is 0.0544 e. The molecule has 0 N–H and O–H groups in total. The third-order valence-corrected chi connectivity index (χ3v) is 5.91. The van der Waals surface area contributed by atoms with Crippen molar-refractivity contribution in [1.29, 1.82) is 0 Å². The van der Waals surface area contributed by atoms with Gasteiger partial charge in [-0.05, 0) is 66.1 Å². The average molecular weight is 360 g/mol. The lowest BCUT2D eigenvalue weighted by Gasteiger charge is -2.19. The van der Waals surface area contributed by atoms with E-state index < -0.39 is 0 Å². The van der Waals surface area contributed by atoms with Gasteiger partial charge in [-0.3, -0.25) is 0 Å². The van der Waals surface area contributed by atoms with Crippen molar-refractivity contribution in [3.63, 3.8) is 0 Å². The summed E-state index contributed by atoms with van der Waals surface area (Å²) in [6.07, 6.45) is 1.12. The van der Waals surface area contributed by atoms with E-state index >= 15 is 0 Å². The minimum Gasteiger partial charge on any atom is -0.345 e. The second kappa shape index (κ2) is 5.74. The van der Waals surface area contributed by atoms with E-state index in [-0.39, 0.29) is 0 Å². The van der Waals surface area contributed by atoms with Gasteiger partial charge >= 0.3 is 0 Å². The first-order valence-electron chi connectivity index (χ1n) is 9.74. The van der Waals surface area contributed by atoms with Gasteiger partial charge in [0, 0.05) is 34.9 Å². The Morgan fingerprint density at radius 1 is 0.714 bits per heavy atom. The lowest BCUT2D eigenvalue weighted by molar-refractivity contribution is 1.18. The highest BCUT2D eigenvalue weighted by Gasteiger charge is 2.25. The summed E-state index contributed by atoms with van der Waals surface area (Å²) < 4.78 is 2.40. The van der Waals surface area contributed by atoms with Gasteiger partial charge in [-0.15, -0.1) is 0 Å². The van der Waals surface area contributed by atoms with Crippen molar-refractivity contribution in [3.05, 3.63) is 102 Å². The molecule has 0 radical (unpaired) electrons. The van der Waals surface area contributed by atoms with Gasteiger partial charge in [0.15, 0.2) is 0 Å². The van der Waals surface area contributed by atoms with Gasteiger partial charge in [0.1, 0.15) is 0 Å². The Kier molecular flexibility index (Phi) is 3.18. The molecule has 1 aromatic heterocycles. The van der Waals surface area contributed by atoms with Gasteiger partial charge in [-0.2, -0.15) is 0 Å². The van der Waals surface area contributed by atoms with Gasteiger partial charge in [-0.25, -0.2) is 0 Å². The molecule has 0 spiro atoms. The molecule has 6 rings (SSSR count). The fourth-order valence-electron chi connectivity index (χ4n) is 4.37.